The van der Waals surface area contributed by atoms with Gasteiger partial charge in [0.25, 0.3) is 5.91 Å². The van der Waals surface area contributed by atoms with E-state index in [1.54, 1.807) is 42.3 Å². The molecule has 1 fully saturated rings. The lowest BCUT2D eigenvalue weighted by atomic mass is 10.2. The third-order valence-electron chi connectivity index (χ3n) is 4.12. The average Bonchev–Trinajstić information content (AvgIpc) is 3.27. The monoisotopic (exact) mass is 327 g/mol. The van der Waals surface area contributed by atoms with Crippen molar-refractivity contribution in [2.24, 2.45) is 0 Å². The van der Waals surface area contributed by atoms with Crippen LogP contribution >= 0.6 is 0 Å². The molecule has 2 heterocycles. The molecule has 7 heteroatoms. The molecule has 126 valence electrons. The van der Waals surface area contributed by atoms with Crippen molar-refractivity contribution in [3.63, 3.8) is 0 Å². The minimum absolute atomic E-state index is 0.0574. The topological polar surface area (TPSA) is 88.9 Å². The molecule has 2 amide bonds. The third kappa shape index (κ3) is 3.79. The summed E-state index contributed by atoms with van der Waals surface area (Å²) in [6, 6.07) is 3.81. The molecule has 2 aromatic rings. The van der Waals surface area contributed by atoms with Gasteiger partial charge in [-0.15, -0.1) is 0 Å². The quantitative estimate of drug-likeness (QED) is 0.882. The lowest BCUT2D eigenvalue weighted by Gasteiger charge is -2.09. The van der Waals surface area contributed by atoms with Crippen molar-refractivity contribution in [2.45, 2.75) is 45.1 Å². The van der Waals surface area contributed by atoms with E-state index in [1.165, 1.54) is 12.8 Å². The van der Waals surface area contributed by atoms with Crippen molar-refractivity contribution in [3.8, 4) is 5.82 Å². The number of hydrogen-bond donors (Lipinski definition) is 2. The van der Waals surface area contributed by atoms with Crippen LogP contribution in [0.15, 0.2) is 30.9 Å². The summed E-state index contributed by atoms with van der Waals surface area (Å²) in [7, 11) is 0. The van der Waals surface area contributed by atoms with Crippen LogP contribution in [0.5, 0.6) is 0 Å². The molecular weight excluding hydrogens is 306 g/mol. The number of nitrogens with one attached hydrogen (secondary N) is 2. The SMILES string of the molecule is CCC(=O)Nc1ccc(-n2cnc(C(=O)NC3CCCC3)c2)nc1. The average molecular weight is 327 g/mol. The van der Waals surface area contributed by atoms with Crippen LogP contribution < -0.4 is 10.6 Å². The van der Waals surface area contributed by atoms with E-state index in [-0.39, 0.29) is 17.9 Å². The van der Waals surface area contributed by atoms with Crippen LogP contribution in [-0.4, -0.2) is 32.4 Å². The van der Waals surface area contributed by atoms with Gasteiger partial charge in [0.05, 0.1) is 11.9 Å². The maximum Gasteiger partial charge on any atom is 0.271 e. The number of carbonyl (C=O) groups is 2. The lowest BCUT2D eigenvalue weighted by molar-refractivity contribution is -0.115. The van der Waals surface area contributed by atoms with Gasteiger partial charge < -0.3 is 10.6 Å². The summed E-state index contributed by atoms with van der Waals surface area (Å²) in [5.74, 6) is 0.433. The zero-order valence-corrected chi connectivity index (χ0v) is 13.7. The van der Waals surface area contributed by atoms with Crippen molar-refractivity contribution in [1.29, 1.82) is 0 Å². The van der Waals surface area contributed by atoms with Gasteiger partial charge in [-0.3, -0.25) is 14.2 Å². The molecule has 1 saturated carbocycles. The number of hydrogen-bond acceptors (Lipinski definition) is 4. The summed E-state index contributed by atoms with van der Waals surface area (Å²) in [6.07, 6.45) is 9.66. The largest absolute Gasteiger partial charge is 0.348 e. The second-order valence-corrected chi connectivity index (χ2v) is 5.93. The van der Waals surface area contributed by atoms with Crippen molar-refractivity contribution in [2.75, 3.05) is 5.32 Å². The predicted octanol–water partition coefficient (Wildman–Crippen LogP) is 2.29. The molecule has 2 N–H and O–H groups in total. The summed E-state index contributed by atoms with van der Waals surface area (Å²) in [5.41, 5.74) is 1.02. The highest BCUT2D eigenvalue weighted by atomic mass is 16.2. The van der Waals surface area contributed by atoms with Gasteiger partial charge in [0.15, 0.2) is 0 Å². The van der Waals surface area contributed by atoms with Gasteiger partial charge >= 0.3 is 0 Å². The van der Waals surface area contributed by atoms with Gasteiger partial charge in [-0.1, -0.05) is 19.8 Å². The number of carbonyl (C=O) groups excluding carboxylic acids is 2. The van der Waals surface area contributed by atoms with Crippen LogP contribution in [0.1, 0.15) is 49.5 Å². The fourth-order valence-corrected chi connectivity index (χ4v) is 2.76. The van der Waals surface area contributed by atoms with Crippen LogP contribution in [0, 0.1) is 0 Å². The predicted molar refractivity (Wildman–Crippen MR) is 90.0 cm³/mol. The number of imidazole rings is 1. The van der Waals surface area contributed by atoms with Gasteiger partial charge in [0.1, 0.15) is 17.8 Å². The number of rotatable bonds is 5. The van der Waals surface area contributed by atoms with Crippen molar-refractivity contribution >= 4 is 17.5 Å². The smallest absolute Gasteiger partial charge is 0.271 e. The van der Waals surface area contributed by atoms with Crippen LogP contribution in [0.4, 0.5) is 5.69 Å². The zero-order valence-electron chi connectivity index (χ0n) is 13.7. The lowest BCUT2D eigenvalue weighted by Crippen LogP contribution is -2.32. The Balaban J connectivity index is 1.66. The van der Waals surface area contributed by atoms with Crippen LogP contribution in [-0.2, 0) is 4.79 Å². The minimum Gasteiger partial charge on any atom is -0.348 e. The normalized spacial score (nSPS) is 14.5. The Bertz CT molecular complexity index is 717. The zero-order chi connectivity index (χ0) is 16.9. The molecule has 24 heavy (non-hydrogen) atoms. The molecule has 7 nitrogen and oxygen atoms in total. The van der Waals surface area contributed by atoms with Crippen LogP contribution in [0.25, 0.3) is 5.82 Å². The number of pyridine rings is 1. The Morgan fingerprint density at radius 1 is 1.25 bits per heavy atom. The first kappa shape index (κ1) is 16.2. The second-order valence-electron chi connectivity index (χ2n) is 5.93. The van der Waals surface area contributed by atoms with Gasteiger partial charge in [0, 0.05) is 18.7 Å². The van der Waals surface area contributed by atoms with E-state index >= 15 is 0 Å². The molecule has 3 rings (SSSR count). The highest BCUT2D eigenvalue weighted by Gasteiger charge is 2.19. The molecule has 0 unspecified atom stereocenters. The maximum absolute atomic E-state index is 12.2. The Labute approximate surface area is 140 Å². The molecule has 0 spiro atoms. The van der Waals surface area contributed by atoms with Crippen molar-refractivity contribution in [3.05, 3.63) is 36.5 Å². The molecular formula is C17H21N5O2. The van der Waals surface area contributed by atoms with Crippen LogP contribution in [0.2, 0.25) is 0 Å². The second kappa shape index (κ2) is 7.25. The van der Waals surface area contributed by atoms with Crippen molar-refractivity contribution < 1.29 is 9.59 Å². The molecule has 2 aromatic heterocycles. The fourth-order valence-electron chi connectivity index (χ4n) is 2.76. The molecule has 0 saturated heterocycles. The third-order valence-corrected chi connectivity index (χ3v) is 4.12. The molecule has 0 radical (unpaired) electrons. The molecule has 0 bridgehead atoms. The molecule has 0 atom stereocenters. The van der Waals surface area contributed by atoms with E-state index in [0.29, 0.717) is 23.6 Å². The molecule has 0 aliphatic heterocycles. The molecule has 0 aromatic carbocycles. The number of aromatic nitrogens is 3. The number of amides is 2. The van der Waals surface area contributed by atoms with E-state index in [2.05, 4.69) is 20.6 Å². The summed E-state index contributed by atoms with van der Waals surface area (Å²) < 4.78 is 1.69. The first-order chi connectivity index (χ1) is 11.7. The minimum atomic E-state index is -0.146. The molecule has 1 aliphatic carbocycles. The Kier molecular flexibility index (Phi) is 4.88. The number of anilines is 1. The van der Waals surface area contributed by atoms with Crippen LogP contribution in [0.3, 0.4) is 0 Å². The highest BCUT2D eigenvalue weighted by molar-refractivity contribution is 5.92. The standard InChI is InChI=1S/C17H21N5O2/c1-2-16(23)20-13-7-8-15(18-9-13)22-10-14(19-11-22)17(24)21-12-5-3-4-6-12/h7-12H,2-6H2,1H3,(H,20,23)(H,21,24). The van der Waals surface area contributed by atoms with Gasteiger partial charge in [-0.2, -0.15) is 0 Å². The van der Waals surface area contributed by atoms with Gasteiger partial charge in [-0.05, 0) is 25.0 Å². The first-order valence-electron chi connectivity index (χ1n) is 8.27. The Morgan fingerprint density at radius 3 is 2.71 bits per heavy atom. The van der Waals surface area contributed by atoms with Gasteiger partial charge in [0.2, 0.25) is 5.91 Å². The summed E-state index contributed by atoms with van der Waals surface area (Å²) >= 11 is 0. The summed E-state index contributed by atoms with van der Waals surface area (Å²) in [4.78, 5) is 32.0. The first-order valence-corrected chi connectivity index (χ1v) is 8.27. The van der Waals surface area contributed by atoms with E-state index < -0.39 is 0 Å². The Morgan fingerprint density at radius 2 is 2.04 bits per heavy atom. The van der Waals surface area contributed by atoms with E-state index in [4.69, 9.17) is 0 Å². The van der Waals surface area contributed by atoms with Crippen molar-refractivity contribution in [1.82, 2.24) is 19.9 Å². The van der Waals surface area contributed by atoms with Gasteiger partial charge in [-0.25, -0.2) is 9.97 Å². The van der Waals surface area contributed by atoms with E-state index in [1.807, 2.05) is 0 Å². The highest BCUT2D eigenvalue weighted by Crippen LogP contribution is 2.18. The number of nitrogens with zero attached hydrogens (tertiary/aromatic N) is 3. The van der Waals surface area contributed by atoms with E-state index in [9.17, 15) is 9.59 Å². The van der Waals surface area contributed by atoms with E-state index in [0.717, 1.165) is 12.8 Å². The summed E-state index contributed by atoms with van der Waals surface area (Å²) in [5, 5.41) is 5.76. The maximum atomic E-state index is 12.2. The fraction of sp³-hybridized carbons (Fsp3) is 0.412. The Hall–Kier alpha value is -2.70. The molecule has 1 aliphatic rings. The summed E-state index contributed by atoms with van der Waals surface area (Å²) in [6.45, 7) is 1.79.